The topological polar surface area (TPSA) is 63.6 Å². The Labute approximate surface area is 157 Å². The number of ether oxygens (including phenoxy) is 1. The van der Waals surface area contributed by atoms with E-state index < -0.39 is 17.5 Å². The summed E-state index contributed by atoms with van der Waals surface area (Å²) in [6, 6.07) is 3.52. The van der Waals surface area contributed by atoms with Crippen LogP contribution in [0.25, 0.3) is 0 Å². The molecule has 0 aliphatic heterocycles. The second kappa shape index (κ2) is 7.26. The average molecular weight is 385 g/mol. The van der Waals surface area contributed by atoms with Gasteiger partial charge in [0.25, 0.3) is 0 Å². The van der Waals surface area contributed by atoms with Gasteiger partial charge in [0.15, 0.2) is 5.78 Å². The van der Waals surface area contributed by atoms with Crippen LogP contribution in [0.1, 0.15) is 67.5 Å². The molecule has 2 aliphatic rings. The highest BCUT2D eigenvalue weighted by molar-refractivity contribution is 6.44. The second-order valence-corrected chi connectivity index (χ2v) is 7.95. The fraction of sp³-hybridized carbons (Fsp3) is 0.579. The molecule has 1 N–H and O–H groups in total. The fourth-order valence-electron chi connectivity index (χ4n) is 4.34. The van der Waals surface area contributed by atoms with Crippen molar-refractivity contribution in [3.8, 4) is 0 Å². The molecule has 4 nitrogen and oxygen atoms in total. The van der Waals surface area contributed by atoms with E-state index in [4.69, 9.17) is 33.0 Å². The Bertz CT molecular complexity index is 697. The Morgan fingerprint density at radius 2 is 2.00 bits per heavy atom. The summed E-state index contributed by atoms with van der Waals surface area (Å²) >= 11 is 12.5. The number of benzene rings is 1. The maximum atomic E-state index is 13.3. The van der Waals surface area contributed by atoms with Gasteiger partial charge in [-0.25, -0.2) is 0 Å². The molecule has 1 aromatic rings. The van der Waals surface area contributed by atoms with Crippen molar-refractivity contribution in [2.45, 2.75) is 51.6 Å². The molecule has 1 aromatic carbocycles. The molecule has 0 amide bonds. The number of rotatable bonds is 6. The summed E-state index contributed by atoms with van der Waals surface area (Å²) in [7, 11) is 0. The molecule has 0 saturated heterocycles. The Balaban J connectivity index is 1.94. The molecule has 1 fully saturated rings. The minimum absolute atomic E-state index is 0.00475. The van der Waals surface area contributed by atoms with Crippen LogP contribution < -0.4 is 0 Å². The van der Waals surface area contributed by atoms with Crippen LogP contribution in [0.2, 0.25) is 10.0 Å². The number of carboxylic acid groups (broad SMARTS) is 1. The number of hydrogen-bond acceptors (Lipinski definition) is 3. The van der Waals surface area contributed by atoms with Crippen LogP contribution in [0.5, 0.6) is 0 Å². The van der Waals surface area contributed by atoms with E-state index in [1.165, 1.54) is 0 Å². The number of fused-ring (bicyclic) bond motifs is 1. The van der Waals surface area contributed by atoms with Crippen molar-refractivity contribution in [3.05, 3.63) is 33.3 Å². The quantitative estimate of drug-likeness (QED) is 0.674. The molecule has 0 spiro atoms. The first kappa shape index (κ1) is 18.7. The SMILES string of the molecule is CC1(C2CCCC2)C(=O)c2c(ccc(Cl)c2Cl)C1OCCCC(=O)O. The number of carboxylic acids is 1. The molecule has 0 aromatic heterocycles. The highest BCUT2D eigenvalue weighted by atomic mass is 35.5. The molecule has 2 atom stereocenters. The molecule has 25 heavy (non-hydrogen) atoms. The molecule has 0 radical (unpaired) electrons. The molecule has 0 bridgehead atoms. The average Bonchev–Trinajstić information content (AvgIpc) is 3.17. The van der Waals surface area contributed by atoms with Gasteiger partial charge in [0.05, 0.1) is 21.6 Å². The Hall–Kier alpha value is -1.10. The van der Waals surface area contributed by atoms with Crippen LogP contribution in [-0.4, -0.2) is 23.5 Å². The lowest BCUT2D eigenvalue weighted by Crippen LogP contribution is -2.36. The number of halogens is 2. The predicted molar refractivity (Wildman–Crippen MR) is 96.4 cm³/mol. The Morgan fingerprint density at radius 1 is 1.32 bits per heavy atom. The summed E-state index contributed by atoms with van der Waals surface area (Å²) in [5.41, 5.74) is 0.590. The smallest absolute Gasteiger partial charge is 0.303 e. The van der Waals surface area contributed by atoms with Gasteiger partial charge in [-0.3, -0.25) is 9.59 Å². The van der Waals surface area contributed by atoms with E-state index >= 15 is 0 Å². The van der Waals surface area contributed by atoms with Crippen molar-refractivity contribution in [1.29, 1.82) is 0 Å². The normalized spacial score (nSPS) is 26.2. The molecule has 3 rings (SSSR count). The van der Waals surface area contributed by atoms with Gasteiger partial charge in [0.1, 0.15) is 0 Å². The summed E-state index contributed by atoms with van der Waals surface area (Å²) in [6.07, 6.45) is 4.29. The zero-order chi connectivity index (χ0) is 18.2. The lowest BCUT2D eigenvalue weighted by molar-refractivity contribution is -0.137. The Morgan fingerprint density at radius 3 is 2.64 bits per heavy atom. The third-order valence-electron chi connectivity index (χ3n) is 5.69. The van der Waals surface area contributed by atoms with E-state index in [1.54, 1.807) is 6.07 Å². The number of Topliss-reactive ketones (excluding diaryl/α,β-unsaturated/α-hetero) is 1. The number of ketones is 1. The number of carbonyl (C=O) groups is 2. The first-order valence-electron chi connectivity index (χ1n) is 8.73. The van der Waals surface area contributed by atoms with Crippen molar-refractivity contribution < 1.29 is 19.4 Å². The summed E-state index contributed by atoms with van der Waals surface area (Å²) in [5.74, 6) is -0.600. The molecular weight excluding hydrogens is 363 g/mol. The minimum atomic E-state index is -0.847. The van der Waals surface area contributed by atoms with Gasteiger partial charge in [-0.1, -0.05) is 42.1 Å². The number of carbonyl (C=O) groups excluding carboxylic acids is 1. The summed E-state index contributed by atoms with van der Waals surface area (Å²) in [5, 5.41) is 9.47. The molecule has 2 aliphatic carbocycles. The van der Waals surface area contributed by atoms with Gasteiger partial charge in [-0.15, -0.1) is 0 Å². The summed E-state index contributed by atoms with van der Waals surface area (Å²) in [4.78, 5) is 24.0. The van der Waals surface area contributed by atoms with Gasteiger partial charge in [-0.2, -0.15) is 0 Å². The van der Waals surface area contributed by atoms with Crippen molar-refractivity contribution in [2.24, 2.45) is 11.3 Å². The highest BCUT2D eigenvalue weighted by Gasteiger charge is 2.56. The van der Waals surface area contributed by atoms with Crippen LogP contribution in [0.15, 0.2) is 12.1 Å². The summed E-state index contributed by atoms with van der Waals surface area (Å²) in [6.45, 7) is 2.27. The molecule has 2 unspecified atom stereocenters. The third kappa shape index (κ3) is 3.20. The monoisotopic (exact) mass is 384 g/mol. The fourth-order valence-corrected chi connectivity index (χ4v) is 4.75. The molecule has 6 heteroatoms. The van der Waals surface area contributed by atoms with Crippen LogP contribution >= 0.6 is 23.2 Å². The van der Waals surface area contributed by atoms with Crippen LogP contribution in [0, 0.1) is 11.3 Å². The van der Waals surface area contributed by atoms with Gasteiger partial charge in [0, 0.05) is 18.6 Å². The van der Waals surface area contributed by atoms with E-state index in [9.17, 15) is 9.59 Å². The van der Waals surface area contributed by atoms with E-state index in [0.717, 1.165) is 31.2 Å². The first-order chi connectivity index (χ1) is 11.9. The minimum Gasteiger partial charge on any atom is -0.481 e. The standard InChI is InChI=1S/C19H22Cl2O4/c1-19(11-5-2-3-6-11)17(24)15-12(8-9-13(20)16(15)21)18(19)25-10-4-7-14(22)23/h8-9,11,18H,2-7,10H2,1H3,(H,22,23). The number of hydrogen-bond donors (Lipinski definition) is 1. The van der Waals surface area contributed by atoms with Crippen molar-refractivity contribution in [1.82, 2.24) is 0 Å². The maximum absolute atomic E-state index is 13.3. The Kier molecular flexibility index (Phi) is 5.42. The van der Waals surface area contributed by atoms with Crippen molar-refractivity contribution in [2.75, 3.05) is 6.61 Å². The zero-order valence-corrected chi connectivity index (χ0v) is 15.7. The third-order valence-corrected chi connectivity index (χ3v) is 6.50. The lowest BCUT2D eigenvalue weighted by atomic mass is 9.71. The van der Waals surface area contributed by atoms with Gasteiger partial charge >= 0.3 is 5.97 Å². The van der Waals surface area contributed by atoms with Crippen LogP contribution in [-0.2, 0) is 9.53 Å². The van der Waals surface area contributed by atoms with Gasteiger partial charge in [0.2, 0.25) is 0 Å². The molecular formula is C19H22Cl2O4. The first-order valence-corrected chi connectivity index (χ1v) is 9.49. The predicted octanol–water partition coefficient (Wildman–Crippen LogP) is 5.31. The van der Waals surface area contributed by atoms with Gasteiger partial charge in [-0.05, 0) is 43.7 Å². The molecule has 0 heterocycles. The zero-order valence-electron chi connectivity index (χ0n) is 14.2. The molecule has 136 valence electrons. The molecule has 1 saturated carbocycles. The largest absolute Gasteiger partial charge is 0.481 e. The number of aliphatic carboxylic acids is 1. The van der Waals surface area contributed by atoms with Crippen LogP contribution in [0.3, 0.4) is 0 Å². The van der Waals surface area contributed by atoms with Crippen LogP contribution in [0.4, 0.5) is 0 Å². The van der Waals surface area contributed by atoms with Gasteiger partial charge < -0.3 is 9.84 Å². The van der Waals surface area contributed by atoms with Crippen molar-refractivity contribution in [3.63, 3.8) is 0 Å². The van der Waals surface area contributed by atoms with E-state index in [0.29, 0.717) is 28.6 Å². The van der Waals surface area contributed by atoms with E-state index in [1.807, 2.05) is 13.0 Å². The highest BCUT2D eigenvalue weighted by Crippen LogP contribution is 2.57. The maximum Gasteiger partial charge on any atom is 0.303 e. The lowest BCUT2D eigenvalue weighted by Gasteiger charge is -2.36. The van der Waals surface area contributed by atoms with E-state index in [-0.39, 0.29) is 18.1 Å². The summed E-state index contributed by atoms with van der Waals surface area (Å²) < 4.78 is 6.09. The van der Waals surface area contributed by atoms with E-state index in [2.05, 4.69) is 0 Å². The van der Waals surface area contributed by atoms with Crippen molar-refractivity contribution >= 4 is 35.0 Å². The second-order valence-electron chi connectivity index (χ2n) is 7.17.